The van der Waals surface area contributed by atoms with Gasteiger partial charge in [-0.25, -0.2) is 0 Å². The summed E-state index contributed by atoms with van der Waals surface area (Å²) in [5.74, 6) is -8.64. The number of phenols is 1. The van der Waals surface area contributed by atoms with Gasteiger partial charge >= 0.3 is 0 Å². The summed E-state index contributed by atoms with van der Waals surface area (Å²) in [6.45, 7) is 1.68. The molecule has 170 valence electrons. The molecule has 3 aliphatic carbocycles. The molecule has 32 heavy (non-hydrogen) atoms. The minimum atomic E-state index is -2.83. The Labute approximate surface area is 182 Å². The zero-order valence-corrected chi connectivity index (χ0v) is 17.7. The van der Waals surface area contributed by atoms with Gasteiger partial charge in [-0.15, -0.1) is 0 Å². The van der Waals surface area contributed by atoms with E-state index >= 15 is 0 Å². The van der Waals surface area contributed by atoms with Gasteiger partial charge in [-0.05, 0) is 17.5 Å². The van der Waals surface area contributed by atoms with Crippen molar-refractivity contribution in [2.75, 3.05) is 19.0 Å². The van der Waals surface area contributed by atoms with E-state index in [9.17, 15) is 39.9 Å². The Morgan fingerprint density at radius 3 is 2.38 bits per heavy atom. The van der Waals surface area contributed by atoms with E-state index in [1.165, 1.54) is 0 Å². The molecule has 0 aliphatic heterocycles. The second-order valence-corrected chi connectivity index (χ2v) is 8.78. The molecule has 0 spiro atoms. The fourth-order valence-corrected chi connectivity index (χ4v) is 5.35. The number of Topliss-reactive ketones (excluding diaryl/α,β-unsaturated/α-hetero) is 2. The number of carbonyl (C=O) groups is 3. The summed E-state index contributed by atoms with van der Waals surface area (Å²) in [5.41, 5.74) is 1.83. The molecule has 1 amide bonds. The highest BCUT2D eigenvalue weighted by molar-refractivity contribution is 6.23. The Kier molecular flexibility index (Phi) is 4.65. The SMILES string of the molecule is C[C@@H]1c2ccc(N(C)C)c(O)c2C(O)=C2C(=O)[C@]3(O)C(O)=C(C(N)=O)C(=O)C[C@@H]3[C@@H](O)[C@@H]21. The standard InChI is InChI=1S/C22H24N2O8/c1-7-8-4-5-10(24(2)3)17(27)13(8)18(28)15-12(7)16(26)9-6-11(25)14(21(23)31)19(29)22(9,32)20(15)30/h4-5,7,9,12,16,26-29,32H,6H2,1-3H3,(H2,23,31)/t7-,9-,12-,16-,22-/m1/s1. The number of aromatic hydroxyl groups is 1. The first-order chi connectivity index (χ1) is 14.8. The molecule has 0 saturated heterocycles. The molecule has 1 aromatic carbocycles. The number of nitrogens with two attached hydrogens (primary N) is 1. The predicted octanol–water partition coefficient (Wildman–Crippen LogP) is 0.0217. The molecule has 0 heterocycles. The van der Waals surface area contributed by atoms with Crippen molar-refractivity contribution in [3.8, 4) is 5.75 Å². The number of amides is 1. The number of fused-ring (bicyclic) bond motifs is 3. The molecular weight excluding hydrogens is 420 g/mol. The highest BCUT2D eigenvalue weighted by Gasteiger charge is 2.64. The number of anilines is 1. The third-order valence-electron chi connectivity index (χ3n) is 6.96. The van der Waals surface area contributed by atoms with Crippen LogP contribution < -0.4 is 10.6 Å². The third kappa shape index (κ3) is 2.50. The molecule has 0 radical (unpaired) electrons. The normalized spacial score (nSPS) is 31.8. The quantitative estimate of drug-likeness (QED) is 0.343. The van der Waals surface area contributed by atoms with Gasteiger partial charge in [0.1, 0.15) is 22.8 Å². The van der Waals surface area contributed by atoms with Crippen molar-refractivity contribution in [2.45, 2.75) is 31.0 Å². The van der Waals surface area contributed by atoms with E-state index in [1.807, 2.05) is 0 Å². The maximum absolute atomic E-state index is 13.5. The van der Waals surface area contributed by atoms with Crippen molar-refractivity contribution in [3.05, 3.63) is 40.2 Å². The molecule has 1 fully saturated rings. The average Bonchev–Trinajstić information content (AvgIpc) is 2.70. The summed E-state index contributed by atoms with van der Waals surface area (Å²) in [5, 5.41) is 54.8. The van der Waals surface area contributed by atoms with Crippen LogP contribution in [0.15, 0.2) is 29.0 Å². The topological polar surface area (TPSA) is 182 Å². The van der Waals surface area contributed by atoms with Gasteiger partial charge in [0.25, 0.3) is 5.91 Å². The van der Waals surface area contributed by atoms with Gasteiger partial charge in [-0.2, -0.15) is 0 Å². The van der Waals surface area contributed by atoms with Crippen LogP contribution in [0.1, 0.15) is 30.4 Å². The van der Waals surface area contributed by atoms with E-state index in [2.05, 4.69) is 0 Å². The Hall–Kier alpha value is -3.37. The number of nitrogens with zero attached hydrogens (tertiary/aromatic N) is 1. The van der Waals surface area contributed by atoms with Crippen molar-refractivity contribution in [1.82, 2.24) is 0 Å². The molecule has 0 bridgehead atoms. The molecule has 7 N–H and O–H groups in total. The number of aliphatic hydroxyl groups is 4. The lowest BCUT2D eigenvalue weighted by atomic mass is 9.55. The van der Waals surface area contributed by atoms with Crippen LogP contribution in [0.25, 0.3) is 5.76 Å². The van der Waals surface area contributed by atoms with Gasteiger partial charge in [0, 0.05) is 37.9 Å². The molecular formula is C22H24N2O8. The van der Waals surface area contributed by atoms with Crippen molar-refractivity contribution in [3.63, 3.8) is 0 Å². The summed E-state index contributed by atoms with van der Waals surface area (Å²) < 4.78 is 0. The lowest BCUT2D eigenvalue weighted by molar-refractivity contribution is -0.160. The summed E-state index contributed by atoms with van der Waals surface area (Å²) in [4.78, 5) is 39.2. The Morgan fingerprint density at radius 2 is 1.81 bits per heavy atom. The van der Waals surface area contributed by atoms with Crippen LogP contribution in [0.3, 0.4) is 0 Å². The minimum Gasteiger partial charge on any atom is -0.508 e. The van der Waals surface area contributed by atoms with Crippen molar-refractivity contribution >= 4 is 28.9 Å². The highest BCUT2D eigenvalue weighted by atomic mass is 16.4. The van der Waals surface area contributed by atoms with Crippen molar-refractivity contribution in [2.24, 2.45) is 17.6 Å². The van der Waals surface area contributed by atoms with Crippen LogP contribution >= 0.6 is 0 Å². The molecule has 3 aliphatic rings. The zero-order chi connectivity index (χ0) is 23.9. The van der Waals surface area contributed by atoms with Gasteiger partial charge in [0.05, 0.1) is 17.4 Å². The van der Waals surface area contributed by atoms with Crippen LogP contribution in [0.2, 0.25) is 0 Å². The van der Waals surface area contributed by atoms with E-state index in [-0.39, 0.29) is 11.3 Å². The first kappa shape index (κ1) is 21.8. The lowest BCUT2D eigenvalue weighted by Crippen LogP contribution is -2.63. The number of hydrogen-bond acceptors (Lipinski definition) is 9. The second-order valence-electron chi connectivity index (χ2n) is 8.78. The van der Waals surface area contributed by atoms with Gasteiger partial charge in [0.2, 0.25) is 5.78 Å². The Bertz CT molecular complexity index is 1150. The van der Waals surface area contributed by atoms with E-state index in [4.69, 9.17) is 5.73 Å². The number of ketones is 2. The van der Waals surface area contributed by atoms with E-state index in [1.54, 1.807) is 38.1 Å². The van der Waals surface area contributed by atoms with Crippen LogP contribution in [0.4, 0.5) is 5.69 Å². The van der Waals surface area contributed by atoms with E-state index < -0.39 is 76.0 Å². The fraction of sp³-hybridized carbons (Fsp3) is 0.409. The molecule has 10 heteroatoms. The van der Waals surface area contributed by atoms with Crippen LogP contribution in [-0.2, 0) is 14.4 Å². The van der Waals surface area contributed by atoms with E-state index in [0.717, 1.165) is 0 Å². The number of benzene rings is 1. The maximum Gasteiger partial charge on any atom is 0.255 e. The number of primary amides is 1. The van der Waals surface area contributed by atoms with Crippen molar-refractivity contribution in [1.29, 1.82) is 0 Å². The monoisotopic (exact) mass is 444 g/mol. The van der Waals surface area contributed by atoms with Gasteiger partial charge in [-0.3, -0.25) is 14.4 Å². The average molecular weight is 444 g/mol. The van der Waals surface area contributed by atoms with Crippen LogP contribution in [0.5, 0.6) is 5.75 Å². The molecule has 4 rings (SSSR count). The van der Waals surface area contributed by atoms with Gasteiger partial charge in [0.15, 0.2) is 11.4 Å². The first-order valence-electron chi connectivity index (χ1n) is 10.0. The summed E-state index contributed by atoms with van der Waals surface area (Å²) in [6, 6.07) is 3.29. The second kappa shape index (κ2) is 6.81. The summed E-state index contributed by atoms with van der Waals surface area (Å²) in [6.07, 6.45) is -2.13. The van der Waals surface area contributed by atoms with Crippen LogP contribution in [0, 0.1) is 11.8 Å². The van der Waals surface area contributed by atoms with Crippen molar-refractivity contribution < 1.29 is 39.9 Å². The zero-order valence-electron chi connectivity index (χ0n) is 17.7. The summed E-state index contributed by atoms with van der Waals surface area (Å²) >= 11 is 0. The largest absolute Gasteiger partial charge is 0.508 e. The number of hydrogen-bond donors (Lipinski definition) is 6. The fourth-order valence-electron chi connectivity index (χ4n) is 5.35. The Balaban J connectivity index is 2.02. The van der Waals surface area contributed by atoms with Crippen LogP contribution in [-0.4, -0.2) is 68.8 Å². The molecule has 1 aromatic rings. The van der Waals surface area contributed by atoms with E-state index in [0.29, 0.717) is 11.3 Å². The lowest BCUT2D eigenvalue weighted by Gasteiger charge is -2.50. The number of aliphatic hydroxyl groups excluding tert-OH is 3. The minimum absolute atomic E-state index is 0.0250. The number of carbonyl (C=O) groups excluding carboxylic acids is 3. The summed E-state index contributed by atoms with van der Waals surface area (Å²) in [7, 11) is 3.35. The van der Waals surface area contributed by atoms with Gasteiger partial charge < -0.3 is 36.2 Å². The Morgan fingerprint density at radius 1 is 1.19 bits per heavy atom. The maximum atomic E-state index is 13.5. The molecule has 1 saturated carbocycles. The smallest absolute Gasteiger partial charge is 0.255 e. The number of rotatable bonds is 2. The molecule has 5 atom stereocenters. The number of phenolic OH excluding ortho intramolecular Hbond substituents is 1. The first-order valence-corrected chi connectivity index (χ1v) is 10.0. The van der Waals surface area contributed by atoms with Gasteiger partial charge in [-0.1, -0.05) is 13.0 Å². The highest BCUT2D eigenvalue weighted by Crippen LogP contribution is 2.56. The predicted molar refractivity (Wildman–Crippen MR) is 112 cm³/mol. The molecule has 0 unspecified atom stereocenters. The third-order valence-corrected chi connectivity index (χ3v) is 6.96. The molecule has 0 aromatic heterocycles. The molecule has 10 nitrogen and oxygen atoms in total.